The van der Waals surface area contributed by atoms with Crippen LogP contribution in [0.4, 0.5) is 5.69 Å². The predicted octanol–water partition coefficient (Wildman–Crippen LogP) is 2.52. The van der Waals surface area contributed by atoms with Gasteiger partial charge in [0.2, 0.25) is 0 Å². The lowest BCUT2D eigenvalue weighted by Crippen LogP contribution is -2.14. The molecule has 0 fully saturated rings. The standard InChI is InChI=1S/C12H17NO2/c1-9-3-5-11(6-4-9)13-8-7-10(2)12(14)15/h3-6,10,13H,7-8H2,1-2H3,(H,14,15). The molecule has 2 N–H and O–H groups in total. The van der Waals surface area contributed by atoms with Gasteiger partial charge in [0.15, 0.2) is 0 Å². The minimum Gasteiger partial charge on any atom is -0.481 e. The number of aliphatic carboxylic acids is 1. The van der Waals surface area contributed by atoms with Gasteiger partial charge in [0.25, 0.3) is 0 Å². The molecule has 0 saturated heterocycles. The van der Waals surface area contributed by atoms with Gasteiger partial charge >= 0.3 is 5.97 Å². The zero-order chi connectivity index (χ0) is 11.3. The number of benzene rings is 1. The van der Waals surface area contributed by atoms with E-state index in [1.165, 1.54) is 5.56 Å². The molecule has 15 heavy (non-hydrogen) atoms. The summed E-state index contributed by atoms with van der Waals surface area (Å²) >= 11 is 0. The number of carboxylic acids is 1. The summed E-state index contributed by atoms with van der Waals surface area (Å²) in [5, 5.41) is 11.9. The molecular formula is C12H17NO2. The molecule has 0 aliphatic rings. The van der Waals surface area contributed by atoms with Gasteiger partial charge in [-0.05, 0) is 25.5 Å². The van der Waals surface area contributed by atoms with Gasteiger partial charge in [-0.3, -0.25) is 4.79 Å². The fourth-order valence-corrected chi connectivity index (χ4v) is 1.23. The summed E-state index contributed by atoms with van der Waals surface area (Å²) in [6.45, 7) is 4.45. The molecule has 1 aromatic carbocycles. The molecule has 0 aliphatic carbocycles. The van der Waals surface area contributed by atoms with Gasteiger partial charge in [0.1, 0.15) is 0 Å². The number of carboxylic acid groups (broad SMARTS) is 1. The highest BCUT2D eigenvalue weighted by Crippen LogP contribution is 2.09. The van der Waals surface area contributed by atoms with Crippen LogP contribution in [0.2, 0.25) is 0 Å². The minimum absolute atomic E-state index is 0.289. The fourth-order valence-electron chi connectivity index (χ4n) is 1.23. The zero-order valence-electron chi connectivity index (χ0n) is 9.16. The van der Waals surface area contributed by atoms with E-state index in [4.69, 9.17) is 5.11 Å². The molecule has 82 valence electrons. The molecule has 0 spiro atoms. The highest BCUT2D eigenvalue weighted by atomic mass is 16.4. The number of aryl methyl sites for hydroxylation is 1. The molecule has 0 aromatic heterocycles. The van der Waals surface area contributed by atoms with Gasteiger partial charge in [-0.15, -0.1) is 0 Å². The Kier molecular flexibility index (Phi) is 4.16. The Morgan fingerprint density at radius 1 is 1.40 bits per heavy atom. The lowest BCUT2D eigenvalue weighted by atomic mass is 10.1. The first-order valence-corrected chi connectivity index (χ1v) is 5.13. The van der Waals surface area contributed by atoms with E-state index in [0.29, 0.717) is 13.0 Å². The number of hydrogen-bond acceptors (Lipinski definition) is 2. The first kappa shape index (κ1) is 11.6. The maximum atomic E-state index is 10.6. The largest absolute Gasteiger partial charge is 0.481 e. The maximum absolute atomic E-state index is 10.6. The Bertz CT molecular complexity index is 319. The Balaban J connectivity index is 2.32. The average Bonchev–Trinajstić information content (AvgIpc) is 2.20. The van der Waals surface area contributed by atoms with E-state index in [0.717, 1.165) is 5.69 Å². The quantitative estimate of drug-likeness (QED) is 0.780. The monoisotopic (exact) mass is 207 g/mol. The summed E-state index contributed by atoms with van der Waals surface area (Å²) in [5.41, 5.74) is 2.26. The number of rotatable bonds is 5. The van der Waals surface area contributed by atoms with E-state index < -0.39 is 5.97 Å². The van der Waals surface area contributed by atoms with Crippen molar-refractivity contribution in [1.82, 2.24) is 0 Å². The van der Waals surface area contributed by atoms with Crippen LogP contribution in [0, 0.1) is 12.8 Å². The molecule has 3 nitrogen and oxygen atoms in total. The Labute approximate surface area is 90.1 Å². The van der Waals surface area contributed by atoms with Crippen LogP contribution >= 0.6 is 0 Å². The van der Waals surface area contributed by atoms with Crippen molar-refractivity contribution in [3.63, 3.8) is 0 Å². The topological polar surface area (TPSA) is 49.3 Å². The van der Waals surface area contributed by atoms with E-state index in [2.05, 4.69) is 5.32 Å². The Morgan fingerprint density at radius 2 is 2.00 bits per heavy atom. The lowest BCUT2D eigenvalue weighted by Gasteiger charge is -2.08. The Hall–Kier alpha value is -1.51. The van der Waals surface area contributed by atoms with Crippen LogP contribution in [-0.2, 0) is 4.79 Å². The van der Waals surface area contributed by atoms with Crippen molar-refractivity contribution in [2.24, 2.45) is 5.92 Å². The van der Waals surface area contributed by atoms with Gasteiger partial charge in [-0.25, -0.2) is 0 Å². The number of anilines is 1. The van der Waals surface area contributed by atoms with Crippen molar-refractivity contribution in [1.29, 1.82) is 0 Å². The van der Waals surface area contributed by atoms with Crippen molar-refractivity contribution in [3.05, 3.63) is 29.8 Å². The van der Waals surface area contributed by atoms with Crippen molar-refractivity contribution in [3.8, 4) is 0 Å². The zero-order valence-corrected chi connectivity index (χ0v) is 9.16. The summed E-state index contributed by atoms with van der Waals surface area (Å²) in [7, 11) is 0. The molecule has 0 heterocycles. The minimum atomic E-state index is -0.735. The normalized spacial score (nSPS) is 12.1. The van der Waals surface area contributed by atoms with Crippen molar-refractivity contribution >= 4 is 11.7 Å². The number of nitrogens with one attached hydrogen (secondary N) is 1. The number of hydrogen-bond donors (Lipinski definition) is 2. The molecular weight excluding hydrogens is 190 g/mol. The molecule has 1 rings (SSSR count). The maximum Gasteiger partial charge on any atom is 0.306 e. The van der Waals surface area contributed by atoms with E-state index in [1.54, 1.807) is 6.92 Å². The smallest absolute Gasteiger partial charge is 0.306 e. The Morgan fingerprint density at radius 3 is 2.53 bits per heavy atom. The van der Waals surface area contributed by atoms with Crippen molar-refractivity contribution < 1.29 is 9.90 Å². The summed E-state index contributed by atoms with van der Waals surface area (Å²) in [4.78, 5) is 10.6. The van der Waals surface area contributed by atoms with Crippen LogP contribution in [0.15, 0.2) is 24.3 Å². The van der Waals surface area contributed by atoms with Crippen molar-refractivity contribution in [2.75, 3.05) is 11.9 Å². The van der Waals surface area contributed by atoms with E-state index in [1.807, 2.05) is 31.2 Å². The SMILES string of the molecule is Cc1ccc(NCCC(C)C(=O)O)cc1. The van der Waals surface area contributed by atoms with E-state index >= 15 is 0 Å². The molecule has 0 amide bonds. The third kappa shape index (κ3) is 4.02. The van der Waals surface area contributed by atoms with Gasteiger partial charge in [0, 0.05) is 12.2 Å². The second-order valence-electron chi connectivity index (χ2n) is 3.82. The fraction of sp³-hybridized carbons (Fsp3) is 0.417. The first-order valence-electron chi connectivity index (χ1n) is 5.13. The van der Waals surface area contributed by atoms with Crippen LogP contribution in [0.5, 0.6) is 0 Å². The average molecular weight is 207 g/mol. The highest BCUT2D eigenvalue weighted by Gasteiger charge is 2.09. The molecule has 0 saturated carbocycles. The van der Waals surface area contributed by atoms with Crippen LogP contribution in [-0.4, -0.2) is 17.6 Å². The molecule has 0 bridgehead atoms. The van der Waals surface area contributed by atoms with Gasteiger partial charge in [-0.1, -0.05) is 24.6 Å². The third-order valence-electron chi connectivity index (χ3n) is 2.38. The van der Waals surface area contributed by atoms with Crippen LogP contribution in [0.3, 0.4) is 0 Å². The van der Waals surface area contributed by atoms with Crippen LogP contribution < -0.4 is 5.32 Å². The molecule has 1 aromatic rings. The summed E-state index contributed by atoms with van der Waals surface area (Å²) in [6, 6.07) is 8.06. The van der Waals surface area contributed by atoms with Crippen molar-refractivity contribution in [2.45, 2.75) is 20.3 Å². The summed E-state index contributed by atoms with van der Waals surface area (Å²) < 4.78 is 0. The van der Waals surface area contributed by atoms with E-state index in [9.17, 15) is 4.79 Å². The molecule has 0 aliphatic heterocycles. The molecule has 0 radical (unpaired) electrons. The third-order valence-corrected chi connectivity index (χ3v) is 2.38. The van der Waals surface area contributed by atoms with Crippen LogP contribution in [0.25, 0.3) is 0 Å². The van der Waals surface area contributed by atoms with Gasteiger partial charge in [-0.2, -0.15) is 0 Å². The van der Waals surface area contributed by atoms with Gasteiger partial charge < -0.3 is 10.4 Å². The molecule has 3 heteroatoms. The summed E-state index contributed by atoms with van der Waals surface area (Å²) in [6.07, 6.45) is 0.642. The summed E-state index contributed by atoms with van der Waals surface area (Å²) in [5.74, 6) is -1.02. The molecule has 1 atom stereocenters. The van der Waals surface area contributed by atoms with Crippen LogP contribution in [0.1, 0.15) is 18.9 Å². The van der Waals surface area contributed by atoms with E-state index in [-0.39, 0.29) is 5.92 Å². The predicted molar refractivity (Wildman–Crippen MR) is 61.1 cm³/mol. The first-order chi connectivity index (χ1) is 7.09. The lowest BCUT2D eigenvalue weighted by molar-refractivity contribution is -0.141. The van der Waals surface area contributed by atoms with Gasteiger partial charge in [0.05, 0.1) is 5.92 Å². The number of carbonyl (C=O) groups is 1. The highest BCUT2D eigenvalue weighted by molar-refractivity contribution is 5.69. The second-order valence-corrected chi connectivity index (χ2v) is 3.82. The second kappa shape index (κ2) is 5.39. The molecule has 1 unspecified atom stereocenters.